The Morgan fingerprint density at radius 1 is 0.900 bits per heavy atom. The highest BCUT2D eigenvalue weighted by Crippen LogP contribution is 2.12. The van der Waals surface area contributed by atoms with E-state index in [1.807, 2.05) is 72.8 Å². The van der Waals surface area contributed by atoms with Gasteiger partial charge in [-0.15, -0.1) is 0 Å². The Hall–Kier alpha value is -2.61. The quantitative estimate of drug-likeness (QED) is 0.467. The van der Waals surface area contributed by atoms with Gasteiger partial charge >= 0.3 is 5.97 Å². The maximum atomic E-state index is 11.2. The number of allylic oxidation sites excluding steroid dienone is 1. The third kappa shape index (κ3) is 4.58. The van der Waals surface area contributed by atoms with Crippen molar-refractivity contribution in [3.05, 3.63) is 83.6 Å². The van der Waals surface area contributed by atoms with Gasteiger partial charge < -0.3 is 4.74 Å². The van der Waals surface area contributed by atoms with Crippen LogP contribution in [0.25, 0.3) is 12.2 Å². The minimum atomic E-state index is -0.329. The highest BCUT2D eigenvalue weighted by atomic mass is 16.5. The second kappa shape index (κ2) is 7.10. The topological polar surface area (TPSA) is 26.3 Å². The van der Waals surface area contributed by atoms with E-state index in [0.29, 0.717) is 5.76 Å². The fraction of sp³-hybridized carbons (Fsp3) is 0.0556. The summed E-state index contributed by atoms with van der Waals surface area (Å²) in [7, 11) is 0. The smallest absolute Gasteiger partial charge is 0.308 e. The summed E-state index contributed by atoms with van der Waals surface area (Å²) >= 11 is 0. The van der Waals surface area contributed by atoms with Gasteiger partial charge in [0.2, 0.25) is 0 Å². The first-order valence-electron chi connectivity index (χ1n) is 6.42. The number of ether oxygens (including phenoxy) is 1. The monoisotopic (exact) mass is 264 g/mol. The summed E-state index contributed by atoms with van der Waals surface area (Å²) in [5.41, 5.74) is 2.04. The van der Waals surface area contributed by atoms with Gasteiger partial charge in [-0.2, -0.15) is 0 Å². The first-order chi connectivity index (χ1) is 9.74. The molecule has 2 heteroatoms. The molecule has 0 aromatic heterocycles. The van der Waals surface area contributed by atoms with Crippen molar-refractivity contribution >= 4 is 18.1 Å². The Morgan fingerprint density at radius 2 is 1.45 bits per heavy atom. The minimum absolute atomic E-state index is 0.329. The molecule has 2 nitrogen and oxygen atoms in total. The van der Waals surface area contributed by atoms with E-state index in [1.165, 1.54) is 6.92 Å². The predicted molar refractivity (Wildman–Crippen MR) is 81.7 cm³/mol. The van der Waals surface area contributed by atoms with Gasteiger partial charge in [0.1, 0.15) is 5.76 Å². The molecule has 2 rings (SSSR count). The number of carbonyl (C=O) groups excluding carboxylic acids is 1. The maximum absolute atomic E-state index is 11.2. The normalized spacial score (nSPS) is 11.6. The van der Waals surface area contributed by atoms with E-state index in [9.17, 15) is 4.79 Å². The number of benzene rings is 2. The molecule has 0 N–H and O–H groups in total. The van der Waals surface area contributed by atoms with Crippen LogP contribution in [0.2, 0.25) is 0 Å². The zero-order valence-electron chi connectivity index (χ0n) is 11.3. The Morgan fingerprint density at radius 3 is 2.00 bits per heavy atom. The largest absolute Gasteiger partial charge is 0.427 e. The molecule has 2 aromatic rings. The summed E-state index contributed by atoms with van der Waals surface area (Å²) in [5, 5.41) is 0. The van der Waals surface area contributed by atoms with Gasteiger partial charge in [0.25, 0.3) is 0 Å². The van der Waals surface area contributed by atoms with Crippen molar-refractivity contribution in [2.24, 2.45) is 0 Å². The third-order valence-electron chi connectivity index (χ3n) is 2.61. The zero-order valence-corrected chi connectivity index (χ0v) is 11.3. The van der Waals surface area contributed by atoms with Crippen LogP contribution in [0.15, 0.2) is 72.5 Å². The van der Waals surface area contributed by atoms with Crippen LogP contribution in [0.3, 0.4) is 0 Å². The van der Waals surface area contributed by atoms with Crippen LogP contribution >= 0.6 is 0 Å². The molecule has 20 heavy (non-hydrogen) atoms. The second-order valence-electron chi connectivity index (χ2n) is 4.30. The predicted octanol–water partition coefficient (Wildman–Crippen LogP) is 4.30. The number of carbonyl (C=O) groups is 1. The van der Waals surface area contributed by atoms with E-state index >= 15 is 0 Å². The Balaban J connectivity index is 2.22. The lowest BCUT2D eigenvalue weighted by atomic mass is 10.1. The Kier molecular flexibility index (Phi) is 4.90. The van der Waals surface area contributed by atoms with Crippen LogP contribution in [0, 0.1) is 0 Å². The number of esters is 1. The van der Waals surface area contributed by atoms with E-state index in [0.717, 1.165) is 11.1 Å². The summed E-state index contributed by atoms with van der Waals surface area (Å²) in [5.74, 6) is 0.192. The van der Waals surface area contributed by atoms with Crippen LogP contribution in [0.1, 0.15) is 18.1 Å². The standard InChI is InChI=1S/C18H16O2/c1-15(19)20-18(14-17-10-6-3-7-11-17)13-12-16-8-4-2-5-9-16/h2-14H,1H3. The van der Waals surface area contributed by atoms with Crippen LogP contribution in [-0.4, -0.2) is 5.97 Å². The van der Waals surface area contributed by atoms with Crippen LogP contribution in [-0.2, 0) is 9.53 Å². The van der Waals surface area contributed by atoms with Crippen LogP contribution in [0.5, 0.6) is 0 Å². The first-order valence-corrected chi connectivity index (χ1v) is 6.42. The van der Waals surface area contributed by atoms with E-state index in [1.54, 1.807) is 6.08 Å². The summed E-state index contributed by atoms with van der Waals surface area (Å²) < 4.78 is 5.21. The van der Waals surface area contributed by atoms with Crippen molar-refractivity contribution in [3.63, 3.8) is 0 Å². The molecule has 0 bridgehead atoms. The average Bonchev–Trinajstić information content (AvgIpc) is 2.46. The molecule has 0 spiro atoms. The highest BCUT2D eigenvalue weighted by molar-refractivity contribution is 5.71. The van der Waals surface area contributed by atoms with E-state index in [4.69, 9.17) is 4.74 Å². The number of rotatable bonds is 4. The molecule has 0 saturated carbocycles. The fourth-order valence-corrected chi connectivity index (χ4v) is 1.73. The molecule has 100 valence electrons. The molecule has 0 atom stereocenters. The van der Waals surface area contributed by atoms with Gasteiger partial charge in [-0.3, -0.25) is 4.79 Å². The van der Waals surface area contributed by atoms with E-state index in [-0.39, 0.29) is 5.97 Å². The Labute approximate surface area is 119 Å². The molecule has 2 aromatic carbocycles. The highest BCUT2D eigenvalue weighted by Gasteiger charge is 1.99. The van der Waals surface area contributed by atoms with Crippen molar-refractivity contribution in [2.45, 2.75) is 6.92 Å². The molecule has 0 amide bonds. The SMILES string of the molecule is CC(=O)OC(C=Cc1ccccc1)=Cc1ccccc1. The summed E-state index contributed by atoms with van der Waals surface area (Å²) in [6, 6.07) is 19.6. The van der Waals surface area contributed by atoms with Crippen LogP contribution in [0.4, 0.5) is 0 Å². The Bertz CT molecular complexity index is 610. The van der Waals surface area contributed by atoms with Gasteiger partial charge in [0, 0.05) is 6.92 Å². The van der Waals surface area contributed by atoms with E-state index in [2.05, 4.69) is 0 Å². The molecule has 0 heterocycles. The van der Waals surface area contributed by atoms with Crippen molar-refractivity contribution in [2.75, 3.05) is 0 Å². The molecule has 0 fully saturated rings. The zero-order chi connectivity index (χ0) is 14.2. The summed E-state index contributed by atoms with van der Waals surface area (Å²) in [4.78, 5) is 11.2. The van der Waals surface area contributed by atoms with Gasteiger partial charge in [-0.25, -0.2) is 0 Å². The lowest BCUT2D eigenvalue weighted by Crippen LogP contribution is -1.96. The van der Waals surface area contributed by atoms with Crippen LogP contribution < -0.4 is 0 Å². The molecule has 0 unspecified atom stereocenters. The lowest BCUT2D eigenvalue weighted by molar-refractivity contribution is -0.136. The van der Waals surface area contributed by atoms with Crippen molar-refractivity contribution < 1.29 is 9.53 Å². The lowest BCUT2D eigenvalue weighted by Gasteiger charge is -2.02. The van der Waals surface area contributed by atoms with Crippen molar-refractivity contribution in [1.82, 2.24) is 0 Å². The summed E-state index contributed by atoms with van der Waals surface area (Å²) in [6.07, 6.45) is 5.54. The average molecular weight is 264 g/mol. The summed E-state index contributed by atoms with van der Waals surface area (Å²) in [6.45, 7) is 1.40. The van der Waals surface area contributed by atoms with Gasteiger partial charge in [-0.1, -0.05) is 66.7 Å². The van der Waals surface area contributed by atoms with Gasteiger partial charge in [-0.05, 0) is 23.3 Å². The molecule has 0 aliphatic heterocycles. The number of hydrogen-bond donors (Lipinski definition) is 0. The number of hydrogen-bond acceptors (Lipinski definition) is 2. The molecule has 0 saturated heterocycles. The minimum Gasteiger partial charge on any atom is -0.427 e. The van der Waals surface area contributed by atoms with Crippen molar-refractivity contribution in [3.8, 4) is 0 Å². The maximum Gasteiger partial charge on any atom is 0.308 e. The molecular weight excluding hydrogens is 248 g/mol. The van der Waals surface area contributed by atoms with Gasteiger partial charge in [0.05, 0.1) is 0 Å². The van der Waals surface area contributed by atoms with Crippen molar-refractivity contribution in [1.29, 1.82) is 0 Å². The van der Waals surface area contributed by atoms with E-state index < -0.39 is 0 Å². The first kappa shape index (κ1) is 13.8. The molecule has 0 aliphatic carbocycles. The molecule has 0 radical (unpaired) electrons. The van der Waals surface area contributed by atoms with Gasteiger partial charge in [0.15, 0.2) is 0 Å². The third-order valence-corrected chi connectivity index (χ3v) is 2.61. The molecule has 0 aliphatic rings. The fourth-order valence-electron chi connectivity index (χ4n) is 1.73. The second-order valence-corrected chi connectivity index (χ2v) is 4.30. The molecular formula is C18H16O2.